The number of benzene rings is 2. The number of hydrogen-bond donors (Lipinski definition) is 1. The first-order chi connectivity index (χ1) is 10.1. The summed E-state index contributed by atoms with van der Waals surface area (Å²) in [5.74, 6) is 0.959. The maximum absolute atomic E-state index is 12.2. The predicted octanol–water partition coefficient (Wildman–Crippen LogP) is 2.60. The molecule has 21 heavy (non-hydrogen) atoms. The molecular formula is C17H19NO3. The molecule has 4 nitrogen and oxygen atoms in total. The van der Waals surface area contributed by atoms with Gasteiger partial charge in [0.05, 0.1) is 13.5 Å². The number of aromatic hydroxyl groups is 1. The number of carbonyl (C=O) groups excluding carboxylic acids is 1. The molecule has 0 bridgehead atoms. The zero-order chi connectivity index (χ0) is 15.2. The van der Waals surface area contributed by atoms with Gasteiger partial charge >= 0.3 is 0 Å². The average molecular weight is 285 g/mol. The molecule has 0 radical (unpaired) electrons. The van der Waals surface area contributed by atoms with Crippen LogP contribution in [0.5, 0.6) is 11.5 Å². The molecule has 2 rings (SSSR count). The van der Waals surface area contributed by atoms with E-state index in [2.05, 4.69) is 0 Å². The van der Waals surface area contributed by atoms with Crippen LogP contribution in [-0.2, 0) is 17.8 Å². The molecule has 0 saturated carbocycles. The summed E-state index contributed by atoms with van der Waals surface area (Å²) in [6.45, 7) is 0.523. The lowest BCUT2D eigenvalue weighted by Crippen LogP contribution is -2.27. The largest absolute Gasteiger partial charge is 0.508 e. The summed E-state index contributed by atoms with van der Waals surface area (Å²) < 4.78 is 5.17. The van der Waals surface area contributed by atoms with Gasteiger partial charge in [0.15, 0.2) is 0 Å². The van der Waals surface area contributed by atoms with E-state index in [-0.39, 0.29) is 18.1 Å². The number of rotatable bonds is 5. The Morgan fingerprint density at radius 1 is 1.14 bits per heavy atom. The van der Waals surface area contributed by atoms with Crippen molar-refractivity contribution in [3.63, 3.8) is 0 Å². The van der Waals surface area contributed by atoms with Crippen molar-refractivity contribution in [3.8, 4) is 11.5 Å². The number of nitrogens with zero attached hydrogens (tertiary/aromatic N) is 1. The maximum atomic E-state index is 12.2. The van der Waals surface area contributed by atoms with E-state index in [1.807, 2.05) is 30.3 Å². The molecular weight excluding hydrogens is 266 g/mol. The third kappa shape index (κ3) is 4.24. The van der Waals surface area contributed by atoms with E-state index in [9.17, 15) is 9.90 Å². The van der Waals surface area contributed by atoms with Crippen molar-refractivity contribution in [2.75, 3.05) is 14.2 Å². The predicted molar refractivity (Wildman–Crippen MR) is 81.3 cm³/mol. The van der Waals surface area contributed by atoms with Crippen molar-refractivity contribution in [2.24, 2.45) is 0 Å². The van der Waals surface area contributed by atoms with Gasteiger partial charge in [0.1, 0.15) is 11.5 Å². The van der Waals surface area contributed by atoms with Crippen LogP contribution in [-0.4, -0.2) is 30.1 Å². The smallest absolute Gasteiger partial charge is 0.227 e. The fourth-order valence-electron chi connectivity index (χ4n) is 2.11. The van der Waals surface area contributed by atoms with Gasteiger partial charge in [0.25, 0.3) is 0 Å². The second kappa shape index (κ2) is 6.79. The quantitative estimate of drug-likeness (QED) is 0.918. The lowest BCUT2D eigenvalue weighted by molar-refractivity contribution is -0.129. The monoisotopic (exact) mass is 285 g/mol. The summed E-state index contributed by atoms with van der Waals surface area (Å²) >= 11 is 0. The van der Waals surface area contributed by atoms with Gasteiger partial charge in [-0.3, -0.25) is 4.79 Å². The lowest BCUT2D eigenvalue weighted by Gasteiger charge is -2.18. The van der Waals surface area contributed by atoms with Crippen molar-refractivity contribution < 1.29 is 14.6 Å². The molecule has 2 aromatic rings. The zero-order valence-corrected chi connectivity index (χ0v) is 12.2. The molecule has 0 spiro atoms. The summed E-state index contributed by atoms with van der Waals surface area (Å²) in [7, 11) is 3.39. The molecule has 0 unspecified atom stereocenters. The Balaban J connectivity index is 1.99. The first kappa shape index (κ1) is 14.9. The van der Waals surface area contributed by atoms with E-state index in [4.69, 9.17) is 4.74 Å². The van der Waals surface area contributed by atoms with Gasteiger partial charge in [0, 0.05) is 13.6 Å². The standard InChI is InChI=1S/C17H19NO3/c1-18(12-14-6-4-8-16(10-14)21-2)17(20)11-13-5-3-7-15(19)9-13/h3-10,19H,11-12H2,1-2H3. The number of amides is 1. The molecule has 0 aromatic heterocycles. The molecule has 0 saturated heterocycles. The molecule has 0 heterocycles. The third-order valence-corrected chi connectivity index (χ3v) is 3.25. The van der Waals surface area contributed by atoms with Crippen LogP contribution in [0.4, 0.5) is 0 Å². The van der Waals surface area contributed by atoms with Crippen LogP contribution in [0.1, 0.15) is 11.1 Å². The van der Waals surface area contributed by atoms with Gasteiger partial charge in [-0.25, -0.2) is 0 Å². The number of ether oxygens (including phenoxy) is 1. The number of likely N-dealkylation sites (N-methyl/N-ethyl adjacent to an activating group) is 1. The van der Waals surface area contributed by atoms with Crippen LogP contribution < -0.4 is 4.74 Å². The molecule has 0 aliphatic heterocycles. The van der Waals surface area contributed by atoms with Gasteiger partial charge in [-0.05, 0) is 35.4 Å². The van der Waals surface area contributed by atoms with Crippen molar-refractivity contribution in [2.45, 2.75) is 13.0 Å². The summed E-state index contributed by atoms with van der Waals surface area (Å²) in [5.41, 5.74) is 1.82. The summed E-state index contributed by atoms with van der Waals surface area (Å²) in [5, 5.41) is 9.42. The Labute approximate surface area is 124 Å². The Bertz CT molecular complexity index is 625. The van der Waals surface area contributed by atoms with Crippen LogP contribution in [0.25, 0.3) is 0 Å². The van der Waals surface area contributed by atoms with Gasteiger partial charge in [-0.2, -0.15) is 0 Å². The van der Waals surface area contributed by atoms with E-state index in [0.29, 0.717) is 6.54 Å². The first-order valence-electron chi connectivity index (χ1n) is 6.73. The highest BCUT2D eigenvalue weighted by atomic mass is 16.5. The second-order valence-corrected chi connectivity index (χ2v) is 4.95. The summed E-state index contributed by atoms with van der Waals surface area (Å²) in [6.07, 6.45) is 0.273. The summed E-state index contributed by atoms with van der Waals surface area (Å²) in [4.78, 5) is 13.9. The van der Waals surface area contributed by atoms with Crippen LogP contribution in [0, 0.1) is 0 Å². The Kier molecular flexibility index (Phi) is 4.82. The Morgan fingerprint density at radius 3 is 2.57 bits per heavy atom. The summed E-state index contributed by atoms with van der Waals surface area (Å²) in [6, 6.07) is 14.4. The van der Waals surface area contributed by atoms with Crippen LogP contribution in [0.15, 0.2) is 48.5 Å². The van der Waals surface area contributed by atoms with Crippen molar-refractivity contribution >= 4 is 5.91 Å². The molecule has 0 aliphatic rings. The molecule has 0 fully saturated rings. The molecule has 2 aromatic carbocycles. The van der Waals surface area contributed by atoms with Gasteiger partial charge in [0.2, 0.25) is 5.91 Å². The minimum absolute atomic E-state index is 0.00317. The molecule has 110 valence electrons. The minimum Gasteiger partial charge on any atom is -0.508 e. The third-order valence-electron chi connectivity index (χ3n) is 3.25. The minimum atomic E-state index is 0.00317. The normalized spacial score (nSPS) is 10.2. The van der Waals surface area contributed by atoms with E-state index in [1.165, 1.54) is 0 Å². The van der Waals surface area contributed by atoms with Crippen molar-refractivity contribution in [1.82, 2.24) is 4.90 Å². The fraction of sp³-hybridized carbons (Fsp3) is 0.235. The highest BCUT2D eigenvalue weighted by Gasteiger charge is 2.11. The number of carbonyl (C=O) groups is 1. The molecule has 1 N–H and O–H groups in total. The van der Waals surface area contributed by atoms with E-state index in [1.54, 1.807) is 37.3 Å². The van der Waals surface area contributed by atoms with Crippen LogP contribution in [0.2, 0.25) is 0 Å². The number of methoxy groups -OCH3 is 1. The highest BCUT2D eigenvalue weighted by Crippen LogP contribution is 2.15. The Hall–Kier alpha value is -2.49. The maximum Gasteiger partial charge on any atom is 0.227 e. The first-order valence-corrected chi connectivity index (χ1v) is 6.73. The van der Waals surface area contributed by atoms with Crippen molar-refractivity contribution in [1.29, 1.82) is 0 Å². The second-order valence-electron chi connectivity index (χ2n) is 4.95. The molecule has 0 atom stereocenters. The zero-order valence-electron chi connectivity index (χ0n) is 12.2. The number of phenolic OH excluding ortho intramolecular Hbond substituents is 1. The van der Waals surface area contributed by atoms with Gasteiger partial charge in [-0.15, -0.1) is 0 Å². The molecule has 4 heteroatoms. The molecule has 1 amide bonds. The number of phenols is 1. The van der Waals surface area contributed by atoms with Crippen LogP contribution >= 0.6 is 0 Å². The van der Waals surface area contributed by atoms with Gasteiger partial charge < -0.3 is 14.7 Å². The SMILES string of the molecule is COc1cccc(CN(C)C(=O)Cc2cccc(O)c2)c1. The van der Waals surface area contributed by atoms with E-state index in [0.717, 1.165) is 16.9 Å². The van der Waals surface area contributed by atoms with Gasteiger partial charge in [-0.1, -0.05) is 24.3 Å². The topological polar surface area (TPSA) is 49.8 Å². The number of hydrogen-bond acceptors (Lipinski definition) is 3. The van der Waals surface area contributed by atoms with Crippen LogP contribution in [0.3, 0.4) is 0 Å². The fourth-order valence-corrected chi connectivity index (χ4v) is 2.11. The van der Waals surface area contributed by atoms with Crippen molar-refractivity contribution in [3.05, 3.63) is 59.7 Å². The van der Waals surface area contributed by atoms with E-state index < -0.39 is 0 Å². The lowest BCUT2D eigenvalue weighted by atomic mass is 10.1. The van der Waals surface area contributed by atoms with E-state index >= 15 is 0 Å². The molecule has 0 aliphatic carbocycles. The average Bonchev–Trinajstić information content (AvgIpc) is 2.47. The highest BCUT2D eigenvalue weighted by molar-refractivity contribution is 5.78. The Morgan fingerprint density at radius 2 is 1.86 bits per heavy atom.